The van der Waals surface area contributed by atoms with E-state index in [1.54, 1.807) is 7.05 Å². The molecule has 0 amide bonds. The average molecular weight is 228 g/mol. The van der Waals surface area contributed by atoms with Crippen molar-refractivity contribution in [2.24, 2.45) is 0 Å². The van der Waals surface area contributed by atoms with E-state index in [0.717, 1.165) is 6.20 Å². The lowest BCUT2D eigenvalue weighted by molar-refractivity contribution is 0.0870. The van der Waals surface area contributed by atoms with Gasteiger partial charge in [0.2, 0.25) is 5.95 Å². The Morgan fingerprint density at radius 1 is 1.50 bits per heavy atom. The zero-order valence-electron chi connectivity index (χ0n) is 9.75. The maximum absolute atomic E-state index is 13.2. The highest BCUT2D eigenvalue weighted by atomic mass is 19.1. The molecule has 0 spiro atoms. The average Bonchev–Trinajstić information content (AvgIpc) is 2.26. The quantitative estimate of drug-likeness (QED) is 0.722. The van der Waals surface area contributed by atoms with Gasteiger partial charge in [-0.2, -0.15) is 4.98 Å². The van der Waals surface area contributed by atoms with E-state index in [-0.39, 0.29) is 11.9 Å². The van der Waals surface area contributed by atoms with Gasteiger partial charge in [-0.3, -0.25) is 0 Å². The molecule has 0 fully saturated rings. The molecule has 0 saturated heterocycles. The second kappa shape index (κ2) is 6.22. The summed E-state index contributed by atoms with van der Waals surface area (Å²) in [7, 11) is 1.68. The molecule has 0 radical (unpaired) electrons. The summed E-state index contributed by atoms with van der Waals surface area (Å²) in [5.74, 6) is 0.101. The number of anilines is 2. The Morgan fingerprint density at radius 2 is 2.25 bits per heavy atom. The Balaban J connectivity index is 2.46. The molecule has 1 heterocycles. The largest absolute Gasteiger partial charge is 0.377 e. The van der Waals surface area contributed by atoms with Gasteiger partial charge in [-0.1, -0.05) is 0 Å². The van der Waals surface area contributed by atoms with Crippen molar-refractivity contribution in [3.8, 4) is 0 Å². The molecule has 0 aliphatic heterocycles. The fraction of sp³-hybridized carbons (Fsp3) is 0.600. The van der Waals surface area contributed by atoms with Crippen LogP contribution in [0.4, 0.5) is 16.2 Å². The summed E-state index contributed by atoms with van der Waals surface area (Å²) in [5.41, 5.74) is 0. The van der Waals surface area contributed by atoms with E-state index in [4.69, 9.17) is 4.74 Å². The van der Waals surface area contributed by atoms with Gasteiger partial charge in [0.1, 0.15) is 0 Å². The molecule has 1 rings (SSSR count). The molecular weight excluding hydrogens is 211 g/mol. The van der Waals surface area contributed by atoms with Crippen molar-refractivity contribution >= 4 is 11.8 Å². The first-order valence-electron chi connectivity index (χ1n) is 5.19. The number of halogens is 1. The van der Waals surface area contributed by atoms with Crippen molar-refractivity contribution in [3.05, 3.63) is 12.0 Å². The Morgan fingerprint density at radius 3 is 2.88 bits per heavy atom. The van der Waals surface area contributed by atoms with Gasteiger partial charge in [0.15, 0.2) is 11.6 Å². The van der Waals surface area contributed by atoms with Crippen LogP contribution < -0.4 is 10.6 Å². The normalized spacial score (nSPS) is 10.6. The van der Waals surface area contributed by atoms with Gasteiger partial charge in [0, 0.05) is 13.6 Å². The van der Waals surface area contributed by atoms with Crippen molar-refractivity contribution in [1.29, 1.82) is 0 Å². The lowest BCUT2D eigenvalue weighted by Gasteiger charge is -2.10. The van der Waals surface area contributed by atoms with E-state index in [9.17, 15) is 4.39 Å². The molecule has 0 aromatic carbocycles. The predicted molar refractivity (Wildman–Crippen MR) is 61.1 cm³/mol. The number of nitrogens with one attached hydrogen (secondary N) is 2. The molecule has 16 heavy (non-hydrogen) atoms. The van der Waals surface area contributed by atoms with Crippen LogP contribution in [0.15, 0.2) is 6.20 Å². The maximum Gasteiger partial charge on any atom is 0.224 e. The molecule has 1 aromatic heterocycles. The van der Waals surface area contributed by atoms with Gasteiger partial charge in [-0.25, -0.2) is 9.37 Å². The minimum atomic E-state index is -0.469. The number of aromatic nitrogens is 2. The Bertz CT molecular complexity index is 333. The third kappa shape index (κ3) is 3.98. The number of hydrogen-bond donors (Lipinski definition) is 2. The van der Waals surface area contributed by atoms with Crippen molar-refractivity contribution in [2.45, 2.75) is 20.0 Å². The van der Waals surface area contributed by atoms with E-state index in [1.807, 2.05) is 13.8 Å². The second-order valence-corrected chi connectivity index (χ2v) is 3.49. The third-order valence-corrected chi connectivity index (χ3v) is 1.81. The standard InChI is InChI=1S/C10H17FN4O/c1-7(2)16-5-4-13-9-8(11)6-14-10(12-3)15-9/h6-7H,4-5H2,1-3H3,(H2,12,13,14,15). The predicted octanol–water partition coefficient (Wildman–Crippen LogP) is 1.49. The van der Waals surface area contributed by atoms with Crippen molar-refractivity contribution in [1.82, 2.24) is 9.97 Å². The Labute approximate surface area is 94.4 Å². The summed E-state index contributed by atoms with van der Waals surface area (Å²) < 4.78 is 18.6. The molecule has 0 aliphatic rings. The smallest absolute Gasteiger partial charge is 0.224 e. The number of ether oxygens (including phenoxy) is 1. The van der Waals surface area contributed by atoms with Gasteiger partial charge < -0.3 is 15.4 Å². The van der Waals surface area contributed by atoms with Gasteiger partial charge in [0.05, 0.1) is 18.9 Å². The maximum atomic E-state index is 13.2. The van der Waals surface area contributed by atoms with E-state index in [1.165, 1.54) is 0 Å². The molecule has 5 nitrogen and oxygen atoms in total. The summed E-state index contributed by atoms with van der Waals surface area (Å²) in [6, 6.07) is 0. The second-order valence-electron chi connectivity index (χ2n) is 3.49. The van der Waals surface area contributed by atoms with Crippen molar-refractivity contribution < 1.29 is 9.13 Å². The zero-order chi connectivity index (χ0) is 12.0. The molecule has 1 aromatic rings. The van der Waals surface area contributed by atoms with Crippen LogP contribution in [-0.2, 0) is 4.74 Å². The van der Waals surface area contributed by atoms with E-state index < -0.39 is 5.82 Å². The zero-order valence-corrected chi connectivity index (χ0v) is 9.75. The number of nitrogens with zero attached hydrogens (tertiary/aromatic N) is 2. The first kappa shape index (κ1) is 12.6. The molecule has 6 heteroatoms. The fourth-order valence-electron chi connectivity index (χ4n) is 1.08. The SMILES string of the molecule is CNc1ncc(F)c(NCCOC(C)C)n1. The van der Waals surface area contributed by atoms with Crippen molar-refractivity contribution in [3.63, 3.8) is 0 Å². The molecule has 0 aliphatic carbocycles. The van der Waals surface area contributed by atoms with Crippen LogP contribution in [0.5, 0.6) is 0 Å². The fourth-order valence-corrected chi connectivity index (χ4v) is 1.08. The summed E-state index contributed by atoms with van der Waals surface area (Å²) in [6.07, 6.45) is 1.30. The molecule has 0 bridgehead atoms. The highest BCUT2D eigenvalue weighted by Crippen LogP contribution is 2.10. The van der Waals surface area contributed by atoms with Crippen LogP contribution in [-0.4, -0.2) is 36.3 Å². The van der Waals surface area contributed by atoms with Crippen LogP contribution in [0.25, 0.3) is 0 Å². The first-order chi connectivity index (χ1) is 7.63. The first-order valence-corrected chi connectivity index (χ1v) is 5.19. The minimum absolute atomic E-state index is 0.171. The van der Waals surface area contributed by atoms with E-state index in [0.29, 0.717) is 19.1 Å². The van der Waals surface area contributed by atoms with Crippen LogP contribution in [0.2, 0.25) is 0 Å². The van der Waals surface area contributed by atoms with Crippen molar-refractivity contribution in [2.75, 3.05) is 30.8 Å². The molecular formula is C10H17FN4O. The highest BCUT2D eigenvalue weighted by Gasteiger charge is 2.05. The Hall–Kier alpha value is -1.43. The molecule has 0 unspecified atom stereocenters. The summed E-state index contributed by atoms with van der Waals surface area (Å²) in [4.78, 5) is 7.69. The topological polar surface area (TPSA) is 59.1 Å². The summed E-state index contributed by atoms with van der Waals surface area (Å²) >= 11 is 0. The van der Waals surface area contributed by atoms with Crippen LogP contribution in [0, 0.1) is 5.82 Å². The van der Waals surface area contributed by atoms with Crippen LogP contribution in [0.1, 0.15) is 13.8 Å². The molecule has 0 atom stereocenters. The van der Waals surface area contributed by atoms with Crippen LogP contribution >= 0.6 is 0 Å². The van der Waals surface area contributed by atoms with Gasteiger partial charge in [-0.05, 0) is 13.8 Å². The summed E-state index contributed by atoms with van der Waals surface area (Å²) in [6.45, 7) is 4.92. The van der Waals surface area contributed by atoms with E-state index in [2.05, 4.69) is 20.6 Å². The third-order valence-electron chi connectivity index (χ3n) is 1.81. The number of hydrogen-bond acceptors (Lipinski definition) is 5. The highest BCUT2D eigenvalue weighted by molar-refractivity contribution is 5.40. The lowest BCUT2D eigenvalue weighted by atomic mass is 10.5. The van der Waals surface area contributed by atoms with E-state index >= 15 is 0 Å². The molecule has 90 valence electrons. The summed E-state index contributed by atoms with van der Waals surface area (Å²) in [5, 5.41) is 5.59. The monoisotopic (exact) mass is 228 g/mol. The van der Waals surface area contributed by atoms with Gasteiger partial charge in [0.25, 0.3) is 0 Å². The lowest BCUT2D eigenvalue weighted by Crippen LogP contribution is -2.15. The molecule has 0 saturated carbocycles. The van der Waals surface area contributed by atoms with Gasteiger partial charge >= 0.3 is 0 Å². The van der Waals surface area contributed by atoms with Gasteiger partial charge in [-0.15, -0.1) is 0 Å². The minimum Gasteiger partial charge on any atom is -0.377 e. The van der Waals surface area contributed by atoms with Crippen LogP contribution in [0.3, 0.4) is 0 Å². The molecule has 2 N–H and O–H groups in total. The Kier molecular flexibility index (Phi) is 4.91. The number of rotatable bonds is 6.